The SMILES string of the molecule is CCOC(=O)/C=C/n1nnc(-c2cc(Cl)ccc2N)n1. The second kappa shape index (κ2) is 6.16. The number of nitrogens with two attached hydrogens (primary N) is 1. The Labute approximate surface area is 120 Å². The Hall–Kier alpha value is -2.41. The maximum atomic E-state index is 11.2. The van der Waals surface area contributed by atoms with Crippen molar-refractivity contribution in [2.75, 3.05) is 12.3 Å². The van der Waals surface area contributed by atoms with Crippen LogP contribution in [0.5, 0.6) is 0 Å². The van der Waals surface area contributed by atoms with E-state index in [0.717, 1.165) is 4.80 Å². The van der Waals surface area contributed by atoms with E-state index in [9.17, 15) is 4.79 Å². The number of esters is 1. The van der Waals surface area contributed by atoms with Crippen LogP contribution >= 0.6 is 11.6 Å². The van der Waals surface area contributed by atoms with E-state index >= 15 is 0 Å². The molecule has 0 atom stereocenters. The average Bonchev–Trinajstić information content (AvgIpc) is 2.88. The van der Waals surface area contributed by atoms with Gasteiger partial charge in [0.2, 0.25) is 5.82 Å². The fourth-order valence-corrected chi connectivity index (χ4v) is 1.61. The molecule has 1 aromatic heterocycles. The first kappa shape index (κ1) is 14.0. The molecule has 0 amide bonds. The van der Waals surface area contributed by atoms with Crippen LogP contribution in [0.1, 0.15) is 6.92 Å². The first-order chi connectivity index (χ1) is 9.60. The molecule has 1 heterocycles. The highest BCUT2D eigenvalue weighted by molar-refractivity contribution is 6.31. The van der Waals surface area contributed by atoms with Crippen LogP contribution in [0.3, 0.4) is 0 Å². The van der Waals surface area contributed by atoms with Crippen molar-refractivity contribution >= 4 is 29.5 Å². The third-order valence-corrected chi connectivity index (χ3v) is 2.55. The lowest BCUT2D eigenvalue weighted by Crippen LogP contribution is -2.01. The number of ether oxygens (including phenoxy) is 1. The summed E-state index contributed by atoms with van der Waals surface area (Å²) in [6.45, 7) is 2.03. The van der Waals surface area contributed by atoms with Gasteiger partial charge in [-0.25, -0.2) is 4.79 Å². The van der Waals surface area contributed by atoms with E-state index < -0.39 is 5.97 Å². The number of rotatable bonds is 4. The van der Waals surface area contributed by atoms with Crippen LogP contribution < -0.4 is 5.73 Å². The first-order valence-electron chi connectivity index (χ1n) is 5.80. The third kappa shape index (κ3) is 3.33. The topological polar surface area (TPSA) is 95.9 Å². The number of hydrogen-bond donors (Lipinski definition) is 1. The maximum absolute atomic E-state index is 11.2. The summed E-state index contributed by atoms with van der Waals surface area (Å²) in [5.74, 6) is -0.160. The van der Waals surface area contributed by atoms with E-state index in [0.29, 0.717) is 28.7 Å². The number of hydrogen-bond acceptors (Lipinski definition) is 6. The number of carbonyl (C=O) groups is 1. The van der Waals surface area contributed by atoms with Crippen LogP contribution in [0.25, 0.3) is 17.6 Å². The van der Waals surface area contributed by atoms with Crippen LogP contribution in [-0.2, 0) is 9.53 Å². The largest absolute Gasteiger partial charge is 0.463 e. The number of nitrogens with zero attached hydrogens (tertiary/aromatic N) is 4. The predicted octanol–water partition coefficient (Wildman–Crippen LogP) is 1.61. The normalized spacial score (nSPS) is 10.9. The van der Waals surface area contributed by atoms with Gasteiger partial charge in [-0.05, 0) is 30.3 Å². The van der Waals surface area contributed by atoms with Gasteiger partial charge in [-0.1, -0.05) is 11.6 Å². The molecule has 0 unspecified atom stereocenters. The van der Waals surface area contributed by atoms with Crippen molar-refractivity contribution in [2.45, 2.75) is 6.92 Å². The van der Waals surface area contributed by atoms with Gasteiger partial charge in [-0.2, -0.15) is 0 Å². The smallest absolute Gasteiger partial charge is 0.332 e. The molecule has 1 aromatic carbocycles. The second-order valence-electron chi connectivity index (χ2n) is 3.73. The predicted molar refractivity (Wildman–Crippen MR) is 74.6 cm³/mol. The van der Waals surface area contributed by atoms with Crippen molar-refractivity contribution in [3.8, 4) is 11.4 Å². The quantitative estimate of drug-likeness (QED) is 0.522. The number of benzene rings is 1. The summed E-state index contributed by atoms with van der Waals surface area (Å²) in [4.78, 5) is 12.3. The summed E-state index contributed by atoms with van der Waals surface area (Å²) in [5.41, 5.74) is 6.89. The number of carbonyl (C=O) groups excluding carboxylic acids is 1. The molecule has 2 N–H and O–H groups in total. The van der Waals surface area contributed by atoms with E-state index in [1.54, 1.807) is 25.1 Å². The van der Waals surface area contributed by atoms with Gasteiger partial charge in [0.25, 0.3) is 0 Å². The third-order valence-electron chi connectivity index (χ3n) is 2.32. The molecule has 0 saturated carbocycles. The lowest BCUT2D eigenvalue weighted by molar-refractivity contribution is -0.137. The van der Waals surface area contributed by atoms with Crippen LogP contribution in [0.4, 0.5) is 5.69 Å². The molecule has 20 heavy (non-hydrogen) atoms. The summed E-state index contributed by atoms with van der Waals surface area (Å²) < 4.78 is 4.74. The van der Waals surface area contributed by atoms with Crippen molar-refractivity contribution in [2.24, 2.45) is 0 Å². The Morgan fingerprint density at radius 1 is 1.55 bits per heavy atom. The van der Waals surface area contributed by atoms with Crippen LogP contribution in [0.15, 0.2) is 24.3 Å². The Kier molecular flexibility index (Phi) is 4.31. The van der Waals surface area contributed by atoms with Crippen molar-refractivity contribution in [1.29, 1.82) is 0 Å². The molecular weight excluding hydrogens is 282 g/mol. The minimum Gasteiger partial charge on any atom is -0.463 e. The summed E-state index contributed by atoms with van der Waals surface area (Å²) in [6.07, 6.45) is 2.55. The van der Waals surface area contributed by atoms with Crippen molar-refractivity contribution in [3.63, 3.8) is 0 Å². The summed E-state index contributed by atoms with van der Waals surface area (Å²) in [5, 5.41) is 12.2. The lowest BCUT2D eigenvalue weighted by atomic mass is 10.2. The van der Waals surface area contributed by atoms with Gasteiger partial charge in [-0.15, -0.1) is 15.0 Å². The number of halogens is 1. The number of nitrogen functional groups attached to an aromatic ring is 1. The zero-order chi connectivity index (χ0) is 14.5. The van der Waals surface area contributed by atoms with Crippen molar-refractivity contribution in [1.82, 2.24) is 20.2 Å². The van der Waals surface area contributed by atoms with Gasteiger partial charge >= 0.3 is 5.97 Å². The van der Waals surface area contributed by atoms with Gasteiger partial charge in [0.05, 0.1) is 12.8 Å². The van der Waals surface area contributed by atoms with Gasteiger partial charge in [0, 0.05) is 22.3 Å². The molecule has 104 valence electrons. The van der Waals surface area contributed by atoms with E-state index in [2.05, 4.69) is 15.4 Å². The zero-order valence-corrected chi connectivity index (χ0v) is 11.4. The van der Waals surface area contributed by atoms with Crippen molar-refractivity contribution < 1.29 is 9.53 Å². The number of aromatic nitrogens is 4. The molecule has 0 spiro atoms. The van der Waals surface area contributed by atoms with Gasteiger partial charge in [0.15, 0.2) is 0 Å². The summed E-state index contributed by atoms with van der Waals surface area (Å²) >= 11 is 5.90. The van der Waals surface area contributed by atoms with Crippen LogP contribution in [-0.4, -0.2) is 32.8 Å². The zero-order valence-electron chi connectivity index (χ0n) is 10.7. The first-order valence-corrected chi connectivity index (χ1v) is 6.18. The van der Waals surface area contributed by atoms with Gasteiger partial charge in [0.1, 0.15) is 0 Å². The monoisotopic (exact) mass is 293 g/mol. The maximum Gasteiger partial charge on any atom is 0.332 e. The highest BCUT2D eigenvalue weighted by atomic mass is 35.5. The summed E-state index contributed by atoms with van der Waals surface area (Å²) in [7, 11) is 0. The fraction of sp³-hybridized carbons (Fsp3) is 0.167. The molecule has 0 fully saturated rings. The summed E-state index contributed by atoms with van der Waals surface area (Å²) in [6, 6.07) is 4.98. The lowest BCUT2D eigenvalue weighted by Gasteiger charge is -2.00. The van der Waals surface area contributed by atoms with E-state index in [-0.39, 0.29) is 0 Å². The van der Waals surface area contributed by atoms with Crippen molar-refractivity contribution in [3.05, 3.63) is 29.3 Å². The minimum absolute atomic E-state index is 0.304. The average molecular weight is 294 g/mol. The van der Waals surface area contributed by atoms with Gasteiger partial charge < -0.3 is 10.5 Å². The molecule has 0 aliphatic carbocycles. The number of tetrazole rings is 1. The van der Waals surface area contributed by atoms with E-state index in [4.69, 9.17) is 22.1 Å². The molecule has 0 bridgehead atoms. The fourth-order valence-electron chi connectivity index (χ4n) is 1.44. The Morgan fingerprint density at radius 3 is 3.10 bits per heavy atom. The molecule has 0 aliphatic heterocycles. The Morgan fingerprint density at radius 2 is 2.35 bits per heavy atom. The number of anilines is 1. The highest BCUT2D eigenvalue weighted by Gasteiger charge is 2.09. The molecule has 2 rings (SSSR count). The Bertz CT molecular complexity index is 653. The highest BCUT2D eigenvalue weighted by Crippen LogP contribution is 2.25. The molecule has 0 radical (unpaired) electrons. The van der Waals surface area contributed by atoms with Crippen LogP contribution in [0.2, 0.25) is 5.02 Å². The molecule has 2 aromatic rings. The molecule has 0 saturated heterocycles. The van der Waals surface area contributed by atoms with E-state index in [1.165, 1.54) is 12.3 Å². The molecule has 8 heteroatoms. The second-order valence-corrected chi connectivity index (χ2v) is 4.17. The molecular formula is C12H12ClN5O2. The van der Waals surface area contributed by atoms with E-state index in [1.807, 2.05) is 0 Å². The van der Waals surface area contributed by atoms with Crippen LogP contribution in [0, 0.1) is 0 Å². The standard InChI is InChI=1S/C12H12ClN5O2/c1-2-20-11(19)5-6-18-16-12(15-17-18)9-7-8(13)3-4-10(9)14/h3-7H,2,14H2,1H3/b6-5+. The Balaban J connectivity index is 2.21. The molecule has 0 aliphatic rings. The minimum atomic E-state index is -0.478. The molecule has 7 nitrogen and oxygen atoms in total. The van der Waals surface area contributed by atoms with Gasteiger partial charge in [-0.3, -0.25) is 0 Å².